The van der Waals surface area contributed by atoms with Crippen LogP contribution in [0.2, 0.25) is 0 Å². The third-order valence-corrected chi connectivity index (χ3v) is 8.29. The highest BCUT2D eigenvalue weighted by molar-refractivity contribution is 6.42. The van der Waals surface area contributed by atoms with E-state index in [1.807, 2.05) is 0 Å². The van der Waals surface area contributed by atoms with Gasteiger partial charge in [-0.15, -0.1) is 0 Å². The molecule has 220 valence electrons. The molecule has 0 atom stereocenters. The lowest BCUT2D eigenvalue weighted by molar-refractivity contribution is 0.0697. The highest BCUT2D eigenvalue weighted by Gasteiger charge is 2.30. The first-order chi connectivity index (χ1) is 22.3. The molecule has 1 aliphatic heterocycles. The fraction of sp³-hybridized carbons (Fsp3) is 0. The summed E-state index contributed by atoms with van der Waals surface area (Å²) in [5.74, 6) is -2.34. The molecular formula is C35H20N6O5. The van der Waals surface area contributed by atoms with Gasteiger partial charge in [-0.3, -0.25) is 25.1 Å². The lowest BCUT2D eigenvalue weighted by Crippen LogP contribution is -2.34. The molecule has 3 amide bonds. The number of hydrogen-bond acceptors (Lipinski definition) is 7. The zero-order chi connectivity index (χ0) is 31.7. The van der Waals surface area contributed by atoms with Crippen molar-refractivity contribution in [2.45, 2.75) is 0 Å². The molecule has 0 saturated carbocycles. The molecule has 8 rings (SSSR count). The Morgan fingerprint density at radius 1 is 0.630 bits per heavy atom. The molecule has 0 fully saturated rings. The van der Waals surface area contributed by atoms with Gasteiger partial charge in [0.2, 0.25) is 0 Å². The number of aromatic nitrogens is 2. The summed E-state index contributed by atoms with van der Waals surface area (Å²) < 4.78 is 0. The number of amides is 3. The van der Waals surface area contributed by atoms with Crippen LogP contribution in [-0.4, -0.2) is 44.6 Å². The Bertz CT molecular complexity index is 2480. The van der Waals surface area contributed by atoms with Gasteiger partial charge in [-0.25, -0.2) is 14.8 Å². The maximum absolute atomic E-state index is 13.9. The molecule has 1 aliphatic rings. The first-order valence-electron chi connectivity index (χ1n) is 14.1. The van der Waals surface area contributed by atoms with Crippen LogP contribution >= 0.6 is 0 Å². The number of rotatable bonds is 5. The van der Waals surface area contributed by atoms with E-state index in [9.17, 15) is 24.3 Å². The van der Waals surface area contributed by atoms with Crippen molar-refractivity contribution in [3.8, 4) is 0 Å². The monoisotopic (exact) mass is 604 g/mol. The number of amidine groups is 1. The Kier molecular flexibility index (Phi) is 5.77. The van der Waals surface area contributed by atoms with Crippen molar-refractivity contribution >= 4 is 84.3 Å². The number of carboxylic acid groups (broad SMARTS) is 1. The van der Waals surface area contributed by atoms with Crippen LogP contribution in [0.5, 0.6) is 0 Å². The van der Waals surface area contributed by atoms with Crippen molar-refractivity contribution < 1.29 is 24.3 Å². The van der Waals surface area contributed by atoms with E-state index in [4.69, 9.17) is 5.41 Å². The molecule has 7 aromatic rings. The van der Waals surface area contributed by atoms with Gasteiger partial charge < -0.3 is 15.7 Å². The van der Waals surface area contributed by atoms with Crippen LogP contribution in [-0.2, 0) is 0 Å². The number of nitrogens with zero attached hydrogens (tertiary/aromatic N) is 2. The second kappa shape index (κ2) is 9.89. The molecule has 3 heterocycles. The van der Waals surface area contributed by atoms with Crippen LogP contribution in [0, 0.1) is 5.41 Å². The third kappa shape index (κ3) is 3.88. The summed E-state index contributed by atoms with van der Waals surface area (Å²) in [6, 6.07) is 21.6. The normalized spacial score (nSPS) is 12.5. The SMILES string of the molecule is N=C(Nc1ccccn1)c1cc(C(=O)O)c2c3ccc4c5c(ccc(c6ccc(C(=O)Nc7ccccn7)c1c62)c53)C(=O)NC4=O. The number of nitrogens with one attached hydrogen (secondary N) is 4. The fourth-order valence-corrected chi connectivity index (χ4v) is 6.42. The van der Waals surface area contributed by atoms with Gasteiger partial charge in [0.05, 0.1) is 5.56 Å². The van der Waals surface area contributed by atoms with Crippen molar-refractivity contribution in [2.24, 2.45) is 0 Å². The third-order valence-electron chi connectivity index (χ3n) is 8.29. The Morgan fingerprint density at radius 2 is 1.24 bits per heavy atom. The fourth-order valence-electron chi connectivity index (χ4n) is 6.42. The molecule has 0 unspecified atom stereocenters. The smallest absolute Gasteiger partial charge is 0.336 e. The van der Waals surface area contributed by atoms with Gasteiger partial charge in [0, 0.05) is 50.8 Å². The average Bonchev–Trinajstić information content (AvgIpc) is 3.06. The lowest BCUT2D eigenvalue weighted by atomic mass is 9.81. The predicted octanol–water partition coefficient (Wildman–Crippen LogP) is 5.80. The molecule has 0 saturated heterocycles. The molecular weight excluding hydrogens is 584 g/mol. The standard InChI is InChI=1S/C35H20N6O5/c36-31(39-24-5-1-3-13-37-24)22-15-23(35(45)46)27-18-9-12-20-28-19(33(43)41-34(20)44)10-7-16(26(18)28)17-8-11-21(29(22)30(17)27)32(42)40-25-6-2-4-14-38-25/h1-15H,(H,45,46)(H2,36,37,39)(H,38,40,42)(H,41,43,44). The summed E-state index contributed by atoms with van der Waals surface area (Å²) in [4.78, 5) is 61.0. The molecule has 0 radical (unpaired) electrons. The van der Waals surface area contributed by atoms with E-state index in [0.717, 1.165) is 0 Å². The van der Waals surface area contributed by atoms with Crippen LogP contribution in [0.15, 0.2) is 91.3 Å². The number of hydrogen-bond donors (Lipinski definition) is 5. The number of benzene rings is 5. The van der Waals surface area contributed by atoms with Gasteiger partial charge in [-0.1, -0.05) is 30.3 Å². The number of aromatic carboxylic acids is 1. The van der Waals surface area contributed by atoms with Gasteiger partial charge in [0.1, 0.15) is 17.5 Å². The summed E-state index contributed by atoms with van der Waals surface area (Å²) in [5, 5.41) is 31.6. The van der Waals surface area contributed by atoms with Crippen molar-refractivity contribution in [1.29, 1.82) is 5.41 Å². The number of carbonyl (C=O) groups excluding carboxylic acids is 3. The summed E-state index contributed by atoms with van der Waals surface area (Å²) in [6.07, 6.45) is 3.10. The maximum atomic E-state index is 13.9. The van der Waals surface area contributed by atoms with Crippen LogP contribution in [0.25, 0.3) is 43.1 Å². The lowest BCUT2D eigenvalue weighted by Gasteiger charge is -2.23. The quantitative estimate of drug-likeness (QED) is 0.0539. The number of anilines is 2. The number of fused-ring (bicyclic) bond motifs is 2. The largest absolute Gasteiger partial charge is 0.478 e. The molecule has 46 heavy (non-hydrogen) atoms. The van der Waals surface area contributed by atoms with E-state index in [1.165, 1.54) is 6.07 Å². The Labute approximate surface area is 258 Å². The van der Waals surface area contributed by atoms with Crippen molar-refractivity contribution in [3.05, 3.63) is 119 Å². The van der Waals surface area contributed by atoms with E-state index in [1.54, 1.807) is 85.2 Å². The molecule has 2 aromatic heterocycles. The Balaban J connectivity index is 1.52. The van der Waals surface area contributed by atoms with Crippen LogP contribution in [0.1, 0.15) is 47.0 Å². The van der Waals surface area contributed by atoms with Gasteiger partial charge in [-0.2, -0.15) is 0 Å². The molecule has 11 heteroatoms. The molecule has 11 nitrogen and oxygen atoms in total. The van der Waals surface area contributed by atoms with Crippen molar-refractivity contribution in [3.63, 3.8) is 0 Å². The zero-order valence-corrected chi connectivity index (χ0v) is 23.6. The van der Waals surface area contributed by atoms with E-state index >= 15 is 0 Å². The number of carboxylic acids is 1. The number of carbonyl (C=O) groups is 4. The summed E-state index contributed by atoms with van der Waals surface area (Å²) in [6.45, 7) is 0. The van der Waals surface area contributed by atoms with Gasteiger partial charge in [0.15, 0.2) is 0 Å². The van der Waals surface area contributed by atoms with Crippen molar-refractivity contribution in [2.75, 3.05) is 10.6 Å². The molecule has 0 spiro atoms. The van der Waals surface area contributed by atoms with E-state index in [2.05, 4.69) is 25.9 Å². The first kappa shape index (κ1) is 26.8. The molecule has 0 aliphatic carbocycles. The number of pyridine rings is 2. The number of imide groups is 1. The Hall–Kier alpha value is -6.75. The van der Waals surface area contributed by atoms with Crippen LogP contribution < -0.4 is 16.0 Å². The van der Waals surface area contributed by atoms with E-state index < -0.39 is 23.7 Å². The first-order valence-corrected chi connectivity index (χ1v) is 14.1. The predicted molar refractivity (Wildman–Crippen MR) is 173 cm³/mol. The minimum absolute atomic E-state index is 0.114. The topological polar surface area (TPSA) is 174 Å². The minimum atomic E-state index is -1.25. The minimum Gasteiger partial charge on any atom is -0.478 e. The van der Waals surface area contributed by atoms with Gasteiger partial charge >= 0.3 is 5.97 Å². The summed E-state index contributed by atoms with van der Waals surface area (Å²) >= 11 is 0. The van der Waals surface area contributed by atoms with Gasteiger partial charge in [-0.05, 0) is 75.5 Å². The van der Waals surface area contributed by atoms with E-state index in [0.29, 0.717) is 65.9 Å². The van der Waals surface area contributed by atoms with Gasteiger partial charge in [0.25, 0.3) is 17.7 Å². The van der Waals surface area contributed by atoms with Crippen LogP contribution in [0.4, 0.5) is 11.6 Å². The summed E-state index contributed by atoms with van der Waals surface area (Å²) in [5.41, 5.74) is 0.843. The second-order valence-electron chi connectivity index (χ2n) is 10.8. The molecule has 0 bridgehead atoms. The molecule has 5 aromatic carbocycles. The second-order valence-corrected chi connectivity index (χ2v) is 10.8. The van der Waals surface area contributed by atoms with E-state index in [-0.39, 0.29) is 22.5 Å². The molecule has 5 N–H and O–H groups in total. The average molecular weight is 605 g/mol. The van der Waals surface area contributed by atoms with Crippen molar-refractivity contribution in [1.82, 2.24) is 15.3 Å². The summed E-state index contributed by atoms with van der Waals surface area (Å²) in [7, 11) is 0. The van der Waals surface area contributed by atoms with Crippen LogP contribution in [0.3, 0.4) is 0 Å². The Morgan fingerprint density at radius 3 is 1.87 bits per heavy atom. The zero-order valence-electron chi connectivity index (χ0n) is 23.6. The maximum Gasteiger partial charge on any atom is 0.336 e. The highest BCUT2D eigenvalue weighted by Crippen LogP contribution is 2.46. The highest BCUT2D eigenvalue weighted by atomic mass is 16.4.